The molecule has 2 aliphatic heterocycles. The lowest BCUT2D eigenvalue weighted by Gasteiger charge is -2.25. The van der Waals surface area contributed by atoms with Crippen LogP contribution in [-0.4, -0.2) is 53.8 Å². The van der Waals surface area contributed by atoms with Gasteiger partial charge in [0.25, 0.3) is 5.91 Å². The molecule has 35 heavy (non-hydrogen) atoms. The van der Waals surface area contributed by atoms with Crippen LogP contribution in [0.3, 0.4) is 0 Å². The highest BCUT2D eigenvalue weighted by Gasteiger charge is 2.38. The summed E-state index contributed by atoms with van der Waals surface area (Å²) in [4.78, 5) is 17.9. The molecule has 1 aromatic heterocycles. The van der Waals surface area contributed by atoms with Gasteiger partial charge in [-0.05, 0) is 35.9 Å². The molecule has 0 atom stereocenters. The fraction of sp³-hybridized carbons (Fsp3) is 0.318. The summed E-state index contributed by atoms with van der Waals surface area (Å²) in [6.07, 6.45) is -5.52. The Morgan fingerprint density at radius 2 is 1.83 bits per heavy atom. The molecule has 9 nitrogen and oxygen atoms in total. The Morgan fingerprint density at radius 3 is 2.54 bits per heavy atom. The Balaban J connectivity index is 1.39. The molecule has 13 heteroatoms. The van der Waals surface area contributed by atoms with Crippen LogP contribution in [0.2, 0.25) is 0 Å². The predicted octanol–water partition coefficient (Wildman–Crippen LogP) is 3.64. The van der Waals surface area contributed by atoms with Gasteiger partial charge in [-0.3, -0.25) is 4.79 Å². The molecular formula is C22H17F4N3O6. The lowest BCUT2D eigenvalue weighted by Crippen LogP contribution is -2.37. The topological polar surface area (TPSA) is 96.2 Å². The summed E-state index contributed by atoms with van der Waals surface area (Å²) >= 11 is 0. The number of amides is 1. The smallest absolute Gasteiger partial charge is 0.454 e. The zero-order valence-electron chi connectivity index (χ0n) is 17.9. The van der Waals surface area contributed by atoms with Gasteiger partial charge in [-0.15, -0.1) is 0 Å². The van der Waals surface area contributed by atoms with Gasteiger partial charge in [0.05, 0.1) is 25.3 Å². The minimum Gasteiger partial charge on any atom is -0.454 e. The molecular weight excluding hydrogens is 478 g/mol. The Labute approximate surface area is 195 Å². The third-order valence-corrected chi connectivity index (χ3v) is 5.28. The first-order valence-electron chi connectivity index (χ1n) is 10.4. The van der Waals surface area contributed by atoms with Gasteiger partial charge in [-0.1, -0.05) is 11.2 Å². The lowest BCUT2D eigenvalue weighted by atomic mass is 10.1. The quantitative estimate of drug-likeness (QED) is 0.479. The van der Waals surface area contributed by atoms with Crippen LogP contribution in [-0.2, 0) is 22.2 Å². The fourth-order valence-corrected chi connectivity index (χ4v) is 3.63. The van der Waals surface area contributed by atoms with Crippen LogP contribution in [0.15, 0.2) is 40.9 Å². The van der Waals surface area contributed by atoms with Crippen molar-refractivity contribution in [3.8, 4) is 22.9 Å². The van der Waals surface area contributed by atoms with Gasteiger partial charge in [-0.25, -0.2) is 4.39 Å². The number of fused-ring (bicyclic) bond motifs is 1. The largest absolute Gasteiger partial charge is 0.471 e. The second-order valence-corrected chi connectivity index (χ2v) is 7.66. The number of rotatable bonds is 6. The summed E-state index contributed by atoms with van der Waals surface area (Å²) in [6, 6.07) is 8.52. The Morgan fingerprint density at radius 1 is 1.06 bits per heavy atom. The zero-order chi connectivity index (χ0) is 24.6. The van der Waals surface area contributed by atoms with Crippen LogP contribution in [0, 0.1) is 5.82 Å². The van der Waals surface area contributed by atoms with Crippen molar-refractivity contribution in [3.05, 3.63) is 59.2 Å². The van der Waals surface area contributed by atoms with Gasteiger partial charge in [0.15, 0.2) is 17.8 Å². The van der Waals surface area contributed by atoms with Crippen molar-refractivity contribution in [3.63, 3.8) is 0 Å². The van der Waals surface area contributed by atoms with Crippen molar-refractivity contribution in [2.24, 2.45) is 0 Å². The summed E-state index contributed by atoms with van der Waals surface area (Å²) in [5.74, 6) is -2.59. The number of halogens is 4. The highest BCUT2D eigenvalue weighted by molar-refractivity contribution is 5.94. The van der Waals surface area contributed by atoms with Crippen LogP contribution in [0.1, 0.15) is 21.8 Å². The van der Waals surface area contributed by atoms with Gasteiger partial charge in [0.2, 0.25) is 12.6 Å². The summed E-state index contributed by atoms with van der Waals surface area (Å²) in [5.41, 5.74) is 0.347. The second kappa shape index (κ2) is 9.15. The van der Waals surface area contributed by atoms with E-state index >= 15 is 0 Å². The molecule has 2 aliphatic rings. The minimum absolute atomic E-state index is 0.0375. The van der Waals surface area contributed by atoms with E-state index in [4.69, 9.17) is 18.9 Å². The van der Waals surface area contributed by atoms with Crippen molar-refractivity contribution in [1.29, 1.82) is 0 Å². The first kappa shape index (κ1) is 23.1. The molecule has 3 aromatic rings. The highest BCUT2D eigenvalue weighted by Crippen LogP contribution is 2.33. The van der Waals surface area contributed by atoms with Gasteiger partial charge in [0, 0.05) is 12.1 Å². The number of carbonyl (C=O) groups excluding carboxylic acids is 1. The number of alkyl halides is 3. The normalized spacial score (nSPS) is 15.5. The van der Waals surface area contributed by atoms with Crippen LogP contribution in [0.25, 0.3) is 11.4 Å². The molecule has 1 fully saturated rings. The van der Waals surface area contributed by atoms with Crippen molar-refractivity contribution in [1.82, 2.24) is 15.0 Å². The molecule has 0 N–H and O–H groups in total. The van der Waals surface area contributed by atoms with E-state index in [-0.39, 0.29) is 31.0 Å². The van der Waals surface area contributed by atoms with Crippen molar-refractivity contribution >= 4 is 5.91 Å². The molecule has 0 saturated carbocycles. The van der Waals surface area contributed by atoms with E-state index in [2.05, 4.69) is 14.7 Å². The van der Waals surface area contributed by atoms with E-state index in [0.29, 0.717) is 24.7 Å². The Hall–Kier alpha value is -3.71. The van der Waals surface area contributed by atoms with E-state index in [1.807, 2.05) is 0 Å². The van der Waals surface area contributed by atoms with E-state index in [1.165, 1.54) is 11.0 Å². The van der Waals surface area contributed by atoms with Crippen molar-refractivity contribution in [2.75, 3.05) is 26.6 Å². The van der Waals surface area contributed by atoms with Gasteiger partial charge < -0.3 is 28.4 Å². The first-order valence-corrected chi connectivity index (χ1v) is 10.4. The Bertz CT molecular complexity index is 1240. The summed E-state index contributed by atoms with van der Waals surface area (Å²) < 4.78 is 78.7. The summed E-state index contributed by atoms with van der Waals surface area (Å²) in [7, 11) is 0. The van der Waals surface area contributed by atoms with Gasteiger partial charge in [-0.2, -0.15) is 18.2 Å². The predicted molar refractivity (Wildman–Crippen MR) is 108 cm³/mol. The zero-order valence-corrected chi connectivity index (χ0v) is 17.9. The highest BCUT2D eigenvalue weighted by atomic mass is 19.4. The standard InChI is InChI=1S/C22H17F4N3O6/c23-15-8-13(2-3-14(15)19-27-21(35-28-19)22(24,25)26)20(30)29(10-18-31-5-6-32-18)9-12-1-4-16-17(7-12)34-11-33-16/h1-4,7-8,18H,5-6,9-11H2. The number of aromatic nitrogens is 2. The Kier molecular flexibility index (Phi) is 6.03. The van der Waals surface area contributed by atoms with Crippen LogP contribution >= 0.6 is 0 Å². The molecule has 0 aliphatic carbocycles. The van der Waals surface area contributed by atoms with E-state index in [0.717, 1.165) is 17.7 Å². The summed E-state index contributed by atoms with van der Waals surface area (Å²) in [6.45, 7) is 1.05. The number of ether oxygens (including phenoxy) is 4. The first-order chi connectivity index (χ1) is 16.8. The van der Waals surface area contributed by atoms with Crippen LogP contribution in [0.5, 0.6) is 11.5 Å². The van der Waals surface area contributed by atoms with Gasteiger partial charge in [0.1, 0.15) is 5.82 Å². The van der Waals surface area contributed by atoms with Crippen molar-refractivity contribution < 1.29 is 45.8 Å². The number of nitrogens with zero attached hydrogens (tertiary/aromatic N) is 3. The third kappa shape index (κ3) is 4.91. The maximum Gasteiger partial charge on any atom is 0.471 e. The minimum atomic E-state index is -4.86. The number of hydrogen-bond donors (Lipinski definition) is 0. The van der Waals surface area contributed by atoms with E-state index in [1.54, 1.807) is 18.2 Å². The van der Waals surface area contributed by atoms with Crippen LogP contribution in [0.4, 0.5) is 17.6 Å². The molecule has 1 saturated heterocycles. The molecule has 184 valence electrons. The number of hydrogen-bond acceptors (Lipinski definition) is 8. The van der Waals surface area contributed by atoms with Gasteiger partial charge >= 0.3 is 12.1 Å². The van der Waals surface area contributed by atoms with Crippen molar-refractivity contribution in [2.45, 2.75) is 19.0 Å². The fourth-order valence-electron chi connectivity index (χ4n) is 3.63. The molecule has 0 bridgehead atoms. The maximum absolute atomic E-state index is 14.8. The average molecular weight is 495 g/mol. The molecule has 0 unspecified atom stereocenters. The van der Waals surface area contributed by atoms with E-state index < -0.39 is 35.9 Å². The summed E-state index contributed by atoms with van der Waals surface area (Å²) in [5, 5.41) is 3.18. The molecule has 3 heterocycles. The molecule has 1 amide bonds. The number of benzene rings is 2. The monoisotopic (exact) mass is 495 g/mol. The molecule has 2 aromatic carbocycles. The number of carbonyl (C=O) groups is 1. The third-order valence-electron chi connectivity index (χ3n) is 5.28. The lowest BCUT2D eigenvalue weighted by molar-refractivity contribution is -0.159. The second-order valence-electron chi connectivity index (χ2n) is 7.66. The maximum atomic E-state index is 14.8. The SMILES string of the molecule is O=C(c1ccc(-c2noc(C(F)(F)F)n2)c(F)c1)N(Cc1ccc2c(c1)OCO2)CC1OCCO1. The van der Waals surface area contributed by atoms with Crippen LogP contribution < -0.4 is 9.47 Å². The average Bonchev–Trinajstić information content (AvgIpc) is 3.59. The molecule has 0 radical (unpaired) electrons. The van der Waals surface area contributed by atoms with E-state index in [9.17, 15) is 22.4 Å². The molecule has 5 rings (SSSR count). The molecule has 0 spiro atoms.